The average Bonchev–Trinajstić information content (AvgIpc) is 3.10. The number of methoxy groups -OCH3 is 1. The van der Waals surface area contributed by atoms with Gasteiger partial charge in [-0.05, 0) is 39.0 Å². The number of likely N-dealkylation sites (tertiary alicyclic amines) is 1. The maximum absolute atomic E-state index is 12.0. The minimum absolute atomic E-state index is 0.0194. The highest BCUT2D eigenvalue weighted by atomic mass is 16.5. The normalized spacial score (nSPS) is 26.7. The van der Waals surface area contributed by atoms with E-state index in [9.17, 15) is 4.79 Å². The van der Waals surface area contributed by atoms with E-state index < -0.39 is 0 Å². The molecule has 2 amide bonds. The van der Waals surface area contributed by atoms with E-state index in [4.69, 9.17) is 4.74 Å². The quantitative estimate of drug-likeness (QED) is 0.788. The molecule has 5 nitrogen and oxygen atoms in total. The molecule has 0 unspecified atom stereocenters. The molecule has 2 aliphatic rings. The fourth-order valence-electron chi connectivity index (χ4n) is 3.43. The number of carbonyl (C=O) groups is 1. The molecule has 0 aromatic carbocycles. The van der Waals surface area contributed by atoms with Gasteiger partial charge in [0.25, 0.3) is 0 Å². The molecule has 0 radical (unpaired) electrons. The zero-order valence-electron chi connectivity index (χ0n) is 13.7. The van der Waals surface area contributed by atoms with Crippen LogP contribution in [0.1, 0.15) is 46.0 Å². The Bertz CT molecular complexity index is 331. The first-order valence-electron chi connectivity index (χ1n) is 8.40. The first-order chi connectivity index (χ1) is 10.1. The Labute approximate surface area is 128 Å². The molecule has 2 fully saturated rings. The predicted octanol–water partition coefficient (Wildman–Crippen LogP) is 1.97. The van der Waals surface area contributed by atoms with Crippen molar-refractivity contribution >= 4 is 6.03 Å². The number of urea groups is 1. The van der Waals surface area contributed by atoms with Crippen molar-refractivity contribution in [1.82, 2.24) is 15.5 Å². The summed E-state index contributed by atoms with van der Waals surface area (Å²) in [7, 11) is 1.67. The van der Waals surface area contributed by atoms with Crippen LogP contribution in [0.2, 0.25) is 0 Å². The summed E-state index contributed by atoms with van der Waals surface area (Å²) < 4.78 is 5.22. The number of carbonyl (C=O) groups excluding carboxylic acids is 1. The molecular weight excluding hydrogens is 266 g/mol. The van der Waals surface area contributed by atoms with E-state index in [1.165, 1.54) is 32.2 Å². The van der Waals surface area contributed by atoms with E-state index >= 15 is 0 Å². The molecule has 1 saturated carbocycles. The molecule has 2 N–H and O–H groups in total. The predicted molar refractivity (Wildman–Crippen MR) is 84.4 cm³/mol. The molecule has 3 atom stereocenters. The lowest BCUT2D eigenvalue weighted by atomic mass is 10.1. The maximum atomic E-state index is 12.0. The highest BCUT2D eigenvalue weighted by Crippen LogP contribution is 2.26. The summed E-state index contributed by atoms with van der Waals surface area (Å²) in [6.45, 7) is 7.26. The summed E-state index contributed by atoms with van der Waals surface area (Å²) in [5.74, 6) is 0.889. The van der Waals surface area contributed by atoms with Crippen molar-refractivity contribution in [1.29, 1.82) is 0 Å². The monoisotopic (exact) mass is 297 g/mol. The summed E-state index contributed by atoms with van der Waals surface area (Å²) in [6.07, 6.45) is 6.67. The molecular formula is C16H31N3O2. The number of nitrogens with one attached hydrogen (secondary N) is 2. The Balaban J connectivity index is 1.66. The van der Waals surface area contributed by atoms with E-state index in [2.05, 4.69) is 15.5 Å². The van der Waals surface area contributed by atoms with Gasteiger partial charge < -0.3 is 20.3 Å². The van der Waals surface area contributed by atoms with Gasteiger partial charge in [-0.2, -0.15) is 0 Å². The molecule has 1 aliphatic carbocycles. The van der Waals surface area contributed by atoms with Crippen molar-refractivity contribution in [3.05, 3.63) is 0 Å². The molecule has 2 rings (SSSR count). The average molecular weight is 297 g/mol. The zero-order valence-corrected chi connectivity index (χ0v) is 13.7. The van der Waals surface area contributed by atoms with Gasteiger partial charge in [-0.3, -0.25) is 0 Å². The van der Waals surface area contributed by atoms with Crippen molar-refractivity contribution in [2.24, 2.45) is 5.92 Å². The molecule has 21 heavy (non-hydrogen) atoms. The Hall–Kier alpha value is -0.810. The standard InChI is InChI=1S/C16H31N3O2/c1-12(13(2)21-3)17-16(20)18-15-8-9-19(11-15)10-14-6-4-5-7-14/h12-15H,4-11H2,1-3H3,(H2,17,18,20)/t12-,13-,15+/m0/s1. The number of rotatable bonds is 6. The second kappa shape index (κ2) is 7.99. The molecule has 1 aliphatic heterocycles. The van der Waals surface area contributed by atoms with Crippen LogP contribution >= 0.6 is 0 Å². The molecule has 0 bridgehead atoms. The fourth-order valence-corrected chi connectivity index (χ4v) is 3.43. The summed E-state index contributed by atoms with van der Waals surface area (Å²) in [4.78, 5) is 14.5. The number of amides is 2. The number of hydrogen-bond donors (Lipinski definition) is 2. The molecule has 1 heterocycles. The van der Waals surface area contributed by atoms with Crippen LogP contribution in [0, 0.1) is 5.92 Å². The largest absolute Gasteiger partial charge is 0.380 e. The van der Waals surface area contributed by atoms with Gasteiger partial charge in [-0.15, -0.1) is 0 Å². The lowest BCUT2D eigenvalue weighted by Crippen LogP contribution is -2.49. The minimum atomic E-state index is -0.0703. The maximum Gasteiger partial charge on any atom is 0.315 e. The Morgan fingerprint density at radius 1 is 1.29 bits per heavy atom. The second-order valence-electron chi connectivity index (χ2n) is 6.74. The number of ether oxygens (including phenoxy) is 1. The van der Waals surface area contributed by atoms with Crippen molar-refractivity contribution in [2.45, 2.75) is 64.1 Å². The second-order valence-corrected chi connectivity index (χ2v) is 6.74. The summed E-state index contributed by atoms with van der Waals surface area (Å²) in [5.41, 5.74) is 0. The third kappa shape index (κ3) is 5.15. The van der Waals surface area contributed by atoms with Gasteiger partial charge in [-0.25, -0.2) is 4.79 Å². The van der Waals surface area contributed by atoms with Crippen molar-refractivity contribution in [2.75, 3.05) is 26.7 Å². The first kappa shape index (κ1) is 16.6. The van der Waals surface area contributed by atoms with Crippen LogP contribution in [0.3, 0.4) is 0 Å². The molecule has 0 aromatic rings. The molecule has 0 spiro atoms. The van der Waals surface area contributed by atoms with Crippen LogP contribution in [0.4, 0.5) is 4.79 Å². The van der Waals surface area contributed by atoms with Crippen LogP contribution in [0.5, 0.6) is 0 Å². The molecule has 122 valence electrons. The van der Waals surface area contributed by atoms with E-state index in [-0.39, 0.29) is 24.2 Å². The van der Waals surface area contributed by atoms with Gasteiger partial charge >= 0.3 is 6.03 Å². The van der Waals surface area contributed by atoms with Crippen LogP contribution in [-0.2, 0) is 4.74 Å². The minimum Gasteiger partial charge on any atom is -0.380 e. The fraction of sp³-hybridized carbons (Fsp3) is 0.938. The third-order valence-corrected chi connectivity index (χ3v) is 5.03. The van der Waals surface area contributed by atoms with Gasteiger partial charge in [0.1, 0.15) is 0 Å². The molecule has 5 heteroatoms. The van der Waals surface area contributed by atoms with E-state index in [0.29, 0.717) is 0 Å². The first-order valence-corrected chi connectivity index (χ1v) is 8.40. The number of hydrogen-bond acceptors (Lipinski definition) is 3. The molecule has 1 saturated heterocycles. The van der Waals surface area contributed by atoms with Crippen LogP contribution in [0.15, 0.2) is 0 Å². The highest BCUT2D eigenvalue weighted by Gasteiger charge is 2.27. The zero-order chi connectivity index (χ0) is 15.2. The topological polar surface area (TPSA) is 53.6 Å². The van der Waals surface area contributed by atoms with Crippen molar-refractivity contribution in [3.8, 4) is 0 Å². The summed E-state index contributed by atoms with van der Waals surface area (Å²) >= 11 is 0. The smallest absolute Gasteiger partial charge is 0.315 e. The SMILES string of the molecule is CO[C@@H](C)[C@H](C)NC(=O)N[C@@H]1CCN(CC2CCCC2)C1. The lowest BCUT2D eigenvalue weighted by molar-refractivity contribution is 0.0910. The van der Waals surface area contributed by atoms with Crippen molar-refractivity contribution in [3.63, 3.8) is 0 Å². The van der Waals surface area contributed by atoms with Crippen LogP contribution in [-0.4, -0.2) is 55.9 Å². The third-order valence-electron chi connectivity index (χ3n) is 5.03. The Morgan fingerprint density at radius 3 is 2.67 bits per heavy atom. The Kier molecular flexibility index (Phi) is 6.30. The van der Waals surface area contributed by atoms with Gasteiger partial charge in [0.15, 0.2) is 0 Å². The molecule has 0 aromatic heterocycles. The van der Waals surface area contributed by atoms with Crippen molar-refractivity contribution < 1.29 is 9.53 Å². The van der Waals surface area contributed by atoms with Gasteiger partial charge in [0.05, 0.1) is 12.1 Å². The van der Waals surface area contributed by atoms with Crippen LogP contribution in [0.25, 0.3) is 0 Å². The van der Waals surface area contributed by atoms with E-state index in [1.807, 2.05) is 13.8 Å². The summed E-state index contributed by atoms with van der Waals surface area (Å²) in [6, 6.07) is 0.238. The van der Waals surface area contributed by atoms with Gasteiger partial charge in [0.2, 0.25) is 0 Å². The summed E-state index contributed by atoms with van der Waals surface area (Å²) in [5, 5.41) is 6.05. The lowest BCUT2D eigenvalue weighted by Gasteiger charge is -2.22. The van der Waals surface area contributed by atoms with Gasteiger partial charge in [0, 0.05) is 32.8 Å². The van der Waals surface area contributed by atoms with E-state index in [1.54, 1.807) is 7.11 Å². The van der Waals surface area contributed by atoms with Gasteiger partial charge in [-0.1, -0.05) is 12.8 Å². The Morgan fingerprint density at radius 2 is 2.00 bits per heavy atom. The number of nitrogens with zero attached hydrogens (tertiary/aromatic N) is 1. The van der Waals surface area contributed by atoms with Crippen LogP contribution < -0.4 is 10.6 Å². The van der Waals surface area contributed by atoms with E-state index in [0.717, 1.165) is 25.4 Å². The highest BCUT2D eigenvalue weighted by molar-refractivity contribution is 5.74.